The van der Waals surface area contributed by atoms with Crippen molar-refractivity contribution < 1.29 is 9.50 Å². The Hall–Kier alpha value is -1.00. The van der Waals surface area contributed by atoms with Gasteiger partial charge in [0.05, 0.1) is 6.20 Å². The number of aliphatic hydroxyl groups is 1. The number of hydrogen-bond donors (Lipinski definition) is 2. The van der Waals surface area contributed by atoms with Crippen LogP contribution in [-0.4, -0.2) is 16.6 Å². The summed E-state index contributed by atoms with van der Waals surface area (Å²) in [6, 6.07) is 1.25. The summed E-state index contributed by atoms with van der Waals surface area (Å²) in [6.45, 7) is 1.85. The molecule has 1 aromatic rings. The fraction of sp³-hybridized carbons (Fsp3) is 0.444. The molecule has 72 valence electrons. The standard InChI is InChI=1S/C9H13FN2O/c1-2-9(13,6-11)7-3-8(10)5-12-4-7/h3-5,13H,2,6,11H2,1H3. The highest BCUT2D eigenvalue weighted by molar-refractivity contribution is 5.19. The summed E-state index contributed by atoms with van der Waals surface area (Å²) in [5.41, 5.74) is 4.67. The van der Waals surface area contributed by atoms with E-state index in [0.29, 0.717) is 12.0 Å². The normalized spacial score (nSPS) is 15.4. The number of nitrogens with two attached hydrogens (primary N) is 1. The van der Waals surface area contributed by atoms with Crippen LogP contribution in [0.4, 0.5) is 4.39 Å². The van der Waals surface area contributed by atoms with Crippen LogP contribution in [0.1, 0.15) is 18.9 Å². The van der Waals surface area contributed by atoms with Crippen LogP contribution in [0.5, 0.6) is 0 Å². The van der Waals surface area contributed by atoms with E-state index in [1.807, 2.05) is 0 Å². The SMILES string of the molecule is CCC(O)(CN)c1cncc(F)c1. The molecule has 0 saturated carbocycles. The number of halogens is 1. The number of pyridine rings is 1. The van der Waals surface area contributed by atoms with E-state index in [-0.39, 0.29) is 6.54 Å². The van der Waals surface area contributed by atoms with E-state index in [9.17, 15) is 9.50 Å². The molecule has 0 bridgehead atoms. The second-order valence-corrected chi connectivity index (χ2v) is 2.98. The first-order valence-corrected chi connectivity index (χ1v) is 4.16. The molecule has 3 nitrogen and oxygen atoms in total. The minimum absolute atomic E-state index is 0.0641. The molecule has 13 heavy (non-hydrogen) atoms. The van der Waals surface area contributed by atoms with Crippen molar-refractivity contribution in [2.45, 2.75) is 18.9 Å². The molecule has 1 unspecified atom stereocenters. The first kappa shape index (κ1) is 10.1. The molecule has 0 aliphatic rings. The zero-order valence-corrected chi connectivity index (χ0v) is 7.50. The smallest absolute Gasteiger partial charge is 0.141 e. The molecule has 1 heterocycles. The molecular formula is C9H13FN2O. The van der Waals surface area contributed by atoms with Gasteiger partial charge in [0.25, 0.3) is 0 Å². The van der Waals surface area contributed by atoms with Gasteiger partial charge in [-0.1, -0.05) is 6.92 Å². The summed E-state index contributed by atoms with van der Waals surface area (Å²) < 4.78 is 12.8. The Labute approximate surface area is 76.4 Å². The first-order valence-electron chi connectivity index (χ1n) is 4.16. The van der Waals surface area contributed by atoms with Crippen molar-refractivity contribution in [3.63, 3.8) is 0 Å². The highest BCUT2D eigenvalue weighted by Crippen LogP contribution is 2.22. The van der Waals surface area contributed by atoms with Crippen molar-refractivity contribution >= 4 is 0 Å². The zero-order chi connectivity index (χ0) is 9.90. The predicted molar refractivity (Wildman–Crippen MR) is 47.4 cm³/mol. The second kappa shape index (κ2) is 3.81. The molecular weight excluding hydrogens is 171 g/mol. The van der Waals surface area contributed by atoms with Gasteiger partial charge in [0.2, 0.25) is 0 Å². The van der Waals surface area contributed by atoms with Gasteiger partial charge in [0.1, 0.15) is 11.4 Å². The maximum atomic E-state index is 12.8. The van der Waals surface area contributed by atoms with Gasteiger partial charge in [-0.2, -0.15) is 0 Å². The lowest BCUT2D eigenvalue weighted by molar-refractivity contribution is 0.0412. The van der Waals surface area contributed by atoms with Gasteiger partial charge in [-0.3, -0.25) is 4.98 Å². The minimum atomic E-state index is -1.16. The molecule has 0 fully saturated rings. The molecule has 0 aliphatic carbocycles. The number of nitrogens with zero attached hydrogens (tertiary/aromatic N) is 1. The van der Waals surface area contributed by atoms with Gasteiger partial charge in [0, 0.05) is 18.3 Å². The van der Waals surface area contributed by atoms with E-state index >= 15 is 0 Å². The third kappa shape index (κ3) is 2.02. The maximum Gasteiger partial charge on any atom is 0.141 e. The highest BCUT2D eigenvalue weighted by atomic mass is 19.1. The Morgan fingerprint density at radius 2 is 2.31 bits per heavy atom. The molecule has 0 amide bonds. The van der Waals surface area contributed by atoms with Gasteiger partial charge < -0.3 is 10.8 Å². The summed E-state index contributed by atoms with van der Waals surface area (Å²) in [5, 5.41) is 9.89. The van der Waals surface area contributed by atoms with Crippen molar-refractivity contribution in [1.82, 2.24) is 4.98 Å². The van der Waals surface area contributed by atoms with Gasteiger partial charge in [-0.15, -0.1) is 0 Å². The Morgan fingerprint density at radius 3 is 2.77 bits per heavy atom. The molecule has 4 heteroatoms. The van der Waals surface area contributed by atoms with Gasteiger partial charge >= 0.3 is 0 Å². The van der Waals surface area contributed by atoms with Gasteiger partial charge in [0.15, 0.2) is 0 Å². The lowest BCUT2D eigenvalue weighted by atomic mass is 9.93. The molecule has 0 aliphatic heterocycles. The summed E-state index contributed by atoms with van der Waals surface area (Å²) in [4.78, 5) is 3.66. The summed E-state index contributed by atoms with van der Waals surface area (Å²) in [5.74, 6) is -0.460. The molecule has 3 N–H and O–H groups in total. The van der Waals surface area contributed by atoms with Crippen LogP contribution in [0, 0.1) is 5.82 Å². The van der Waals surface area contributed by atoms with Crippen LogP contribution in [0.25, 0.3) is 0 Å². The topological polar surface area (TPSA) is 59.1 Å². The third-order valence-electron chi connectivity index (χ3n) is 2.16. The fourth-order valence-corrected chi connectivity index (χ4v) is 1.13. The van der Waals surface area contributed by atoms with Crippen LogP contribution >= 0.6 is 0 Å². The first-order chi connectivity index (χ1) is 6.12. The average molecular weight is 184 g/mol. The molecule has 0 aromatic carbocycles. The lowest BCUT2D eigenvalue weighted by Crippen LogP contribution is -2.34. The predicted octanol–water partition coefficient (Wildman–Crippen LogP) is 0.777. The third-order valence-corrected chi connectivity index (χ3v) is 2.16. The number of hydrogen-bond acceptors (Lipinski definition) is 3. The Morgan fingerprint density at radius 1 is 1.62 bits per heavy atom. The van der Waals surface area contributed by atoms with E-state index in [4.69, 9.17) is 5.73 Å². The molecule has 0 radical (unpaired) electrons. The zero-order valence-electron chi connectivity index (χ0n) is 7.50. The van der Waals surface area contributed by atoms with Crippen molar-refractivity contribution in [2.75, 3.05) is 6.54 Å². The van der Waals surface area contributed by atoms with Crippen LogP contribution in [0.2, 0.25) is 0 Å². The molecule has 1 rings (SSSR count). The van der Waals surface area contributed by atoms with Crippen molar-refractivity contribution in [3.8, 4) is 0 Å². The van der Waals surface area contributed by atoms with E-state index in [0.717, 1.165) is 6.20 Å². The summed E-state index contributed by atoms with van der Waals surface area (Å²) in [6.07, 6.45) is 2.96. The molecule has 0 saturated heterocycles. The lowest BCUT2D eigenvalue weighted by Gasteiger charge is -2.24. The van der Waals surface area contributed by atoms with Crippen molar-refractivity contribution in [1.29, 1.82) is 0 Å². The van der Waals surface area contributed by atoms with Crippen LogP contribution in [0.3, 0.4) is 0 Å². The largest absolute Gasteiger partial charge is 0.384 e. The number of rotatable bonds is 3. The fourth-order valence-electron chi connectivity index (χ4n) is 1.13. The Bertz CT molecular complexity index is 287. The average Bonchev–Trinajstić information content (AvgIpc) is 2.17. The molecule has 0 spiro atoms. The minimum Gasteiger partial charge on any atom is -0.384 e. The molecule has 1 atom stereocenters. The van der Waals surface area contributed by atoms with E-state index in [1.54, 1.807) is 6.92 Å². The number of aromatic nitrogens is 1. The van der Waals surface area contributed by atoms with Crippen molar-refractivity contribution in [3.05, 3.63) is 29.8 Å². The van der Waals surface area contributed by atoms with Crippen molar-refractivity contribution in [2.24, 2.45) is 5.73 Å². The Kier molecular flexibility index (Phi) is 2.95. The van der Waals surface area contributed by atoms with Crippen LogP contribution in [0.15, 0.2) is 18.5 Å². The van der Waals surface area contributed by atoms with Gasteiger partial charge in [-0.05, 0) is 12.5 Å². The highest BCUT2D eigenvalue weighted by Gasteiger charge is 2.25. The maximum absolute atomic E-state index is 12.8. The van der Waals surface area contributed by atoms with E-state index in [2.05, 4.69) is 4.98 Å². The molecule has 1 aromatic heterocycles. The van der Waals surface area contributed by atoms with Crippen LogP contribution in [-0.2, 0) is 5.60 Å². The summed E-state index contributed by atoms with van der Waals surface area (Å²) in [7, 11) is 0. The van der Waals surface area contributed by atoms with Crippen LogP contribution < -0.4 is 5.73 Å². The van der Waals surface area contributed by atoms with E-state index < -0.39 is 11.4 Å². The van der Waals surface area contributed by atoms with E-state index in [1.165, 1.54) is 12.3 Å². The second-order valence-electron chi connectivity index (χ2n) is 2.98. The summed E-state index contributed by atoms with van der Waals surface area (Å²) >= 11 is 0. The quantitative estimate of drug-likeness (QED) is 0.729. The monoisotopic (exact) mass is 184 g/mol. The van der Waals surface area contributed by atoms with Gasteiger partial charge in [-0.25, -0.2) is 4.39 Å². The Balaban J connectivity index is 3.05.